The third kappa shape index (κ3) is 4.88. The summed E-state index contributed by atoms with van der Waals surface area (Å²) < 4.78 is 16.6. The summed E-state index contributed by atoms with van der Waals surface area (Å²) in [6.07, 6.45) is 2.33. The Morgan fingerprint density at radius 3 is 2.55 bits per heavy atom. The van der Waals surface area contributed by atoms with Crippen LogP contribution in [0.1, 0.15) is 42.6 Å². The lowest BCUT2D eigenvalue weighted by molar-refractivity contribution is 0.102. The van der Waals surface area contributed by atoms with Crippen LogP contribution in [0, 0.1) is 0 Å². The minimum atomic E-state index is -0.739. The fraction of sp³-hybridized carbons (Fsp3) is 0.333. The molecule has 162 valence electrons. The fourth-order valence-electron chi connectivity index (χ4n) is 3.26. The first kappa shape index (κ1) is 20.9. The van der Waals surface area contributed by atoms with Gasteiger partial charge >= 0.3 is 5.63 Å². The number of anilines is 1. The van der Waals surface area contributed by atoms with Crippen molar-refractivity contribution in [3.63, 3.8) is 0 Å². The molecule has 3 aromatic rings. The summed E-state index contributed by atoms with van der Waals surface area (Å²) in [5, 5.41) is 6.78. The van der Waals surface area contributed by atoms with Crippen LogP contribution in [0.2, 0.25) is 0 Å². The zero-order valence-corrected chi connectivity index (χ0v) is 17.9. The molecule has 1 aliphatic rings. The number of amides is 1. The zero-order chi connectivity index (χ0) is 22.0. The van der Waals surface area contributed by atoms with Gasteiger partial charge in [-0.3, -0.25) is 4.79 Å². The second kappa shape index (κ2) is 8.81. The van der Waals surface area contributed by atoms with Crippen LogP contribution in [0.4, 0.5) is 5.69 Å². The van der Waals surface area contributed by atoms with Crippen molar-refractivity contribution in [2.45, 2.75) is 45.4 Å². The van der Waals surface area contributed by atoms with Crippen LogP contribution in [-0.4, -0.2) is 25.2 Å². The number of ether oxygens (including phenoxy) is 2. The predicted molar refractivity (Wildman–Crippen MR) is 119 cm³/mol. The number of rotatable bonds is 8. The second-order valence-corrected chi connectivity index (χ2v) is 7.94. The van der Waals surface area contributed by atoms with E-state index >= 15 is 0 Å². The van der Waals surface area contributed by atoms with Gasteiger partial charge in [0.05, 0.1) is 13.2 Å². The lowest BCUT2D eigenvalue weighted by Gasteiger charge is -2.15. The third-order valence-corrected chi connectivity index (χ3v) is 5.02. The summed E-state index contributed by atoms with van der Waals surface area (Å²) in [7, 11) is 1.52. The molecule has 31 heavy (non-hydrogen) atoms. The lowest BCUT2D eigenvalue weighted by Crippen LogP contribution is -2.21. The second-order valence-electron chi connectivity index (χ2n) is 7.94. The molecule has 1 aliphatic carbocycles. The minimum Gasteiger partial charge on any atom is -0.493 e. The van der Waals surface area contributed by atoms with Crippen LogP contribution in [0.3, 0.4) is 0 Å². The van der Waals surface area contributed by atoms with Crippen molar-refractivity contribution in [2.75, 3.05) is 12.4 Å². The Balaban J connectivity index is 1.56. The Labute approximate surface area is 180 Å². The normalized spacial score (nSPS) is 13.4. The monoisotopic (exact) mass is 422 g/mol. The van der Waals surface area contributed by atoms with E-state index < -0.39 is 11.5 Å². The SMILES string of the molecule is COc1ccc2cc(C(=O)Nc3ccc(CNC4CC4)cc3)c(=O)oc2c1OC(C)C. The molecule has 0 radical (unpaired) electrons. The topological polar surface area (TPSA) is 89.8 Å². The van der Waals surface area contributed by atoms with Gasteiger partial charge in [0.15, 0.2) is 11.3 Å². The lowest BCUT2D eigenvalue weighted by atomic mass is 10.1. The van der Waals surface area contributed by atoms with Gasteiger partial charge in [-0.25, -0.2) is 4.79 Å². The molecule has 2 N–H and O–H groups in total. The van der Waals surface area contributed by atoms with E-state index in [0.29, 0.717) is 28.6 Å². The molecule has 7 heteroatoms. The molecule has 1 heterocycles. The molecule has 0 saturated heterocycles. The summed E-state index contributed by atoms with van der Waals surface area (Å²) in [6.45, 7) is 4.54. The van der Waals surface area contributed by atoms with E-state index in [1.54, 1.807) is 12.1 Å². The minimum absolute atomic E-state index is 0.0763. The first-order valence-corrected chi connectivity index (χ1v) is 10.4. The Morgan fingerprint density at radius 1 is 1.16 bits per heavy atom. The number of carbonyl (C=O) groups excluding carboxylic acids is 1. The Morgan fingerprint density at radius 2 is 1.90 bits per heavy atom. The van der Waals surface area contributed by atoms with Crippen molar-refractivity contribution in [2.24, 2.45) is 0 Å². The van der Waals surface area contributed by atoms with Crippen LogP contribution in [0.15, 0.2) is 51.7 Å². The summed E-state index contributed by atoms with van der Waals surface area (Å²) >= 11 is 0. The fourth-order valence-corrected chi connectivity index (χ4v) is 3.26. The molecule has 1 aromatic heterocycles. The molecule has 7 nitrogen and oxygen atoms in total. The van der Waals surface area contributed by atoms with E-state index in [2.05, 4.69) is 10.6 Å². The van der Waals surface area contributed by atoms with Gasteiger partial charge < -0.3 is 24.5 Å². The number of benzene rings is 2. The molecule has 1 fully saturated rings. The average Bonchev–Trinajstić information content (AvgIpc) is 3.57. The largest absolute Gasteiger partial charge is 0.493 e. The van der Waals surface area contributed by atoms with Crippen LogP contribution >= 0.6 is 0 Å². The maximum Gasteiger partial charge on any atom is 0.349 e. The van der Waals surface area contributed by atoms with Crippen molar-refractivity contribution in [1.82, 2.24) is 5.32 Å². The van der Waals surface area contributed by atoms with Gasteiger partial charge in [-0.1, -0.05) is 12.1 Å². The van der Waals surface area contributed by atoms with Crippen molar-refractivity contribution < 1.29 is 18.7 Å². The Hall–Kier alpha value is -3.32. The quantitative estimate of drug-likeness (QED) is 0.532. The van der Waals surface area contributed by atoms with Crippen molar-refractivity contribution in [3.8, 4) is 11.5 Å². The highest BCUT2D eigenvalue weighted by Crippen LogP contribution is 2.36. The van der Waals surface area contributed by atoms with E-state index in [0.717, 1.165) is 12.1 Å². The summed E-state index contributed by atoms with van der Waals surface area (Å²) in [5.74, 6) is 0.272. The number of carbonyl (C=O) groups is 1. The summed E-state index contributed by atoms with van der Waals surface area (Å²) in [5.41, 5.74) is 1.19. The highest BCUT2D eigenvalue weighted by Gasteiger charge is 2.21. The third-order valence-electron chi connectivity index (χ3n) is 5.02. The molecule has 0 atom stereocenters. The molecule has 4 rings (SSSR count). The van der Waals surface area contributed by atoms with Gasteiger partial charge in [0, 0.05) is 23.7 Å². The number of hydrogen-bond donors (Lipinski definition) is 2. The van der Waals surface area contributed by atoms with Crippen molar-refractivity contribution in [1.29, 1.82) is 0 Å². The van der Waals surface area contributed by atoms with Gasteiger partial charge in [-0.2, -0.15) is 0 Å². The molecule has 0 bridgehead atoms. The van der Waals surface area contributed by atoms with Gasteiger partial charge in [0.1, 0.15) is 5.56 Å². The Bertz CT molecular complexity index is 1150. The van der Waals surface area contributed by atoms with Crippen LogP contribution in [0.25, 0.3) is 11.0 Å². The molecular weight excluding hydrogens is 396 g/mol. The molecule has 0 unspecified atom stereocenters. The molecule has 0 aliphatic heterocycles. The highest BCUT2D eigenvalue weighted by atomic mass is 16.5. The summed E-state index contributed by atoms with van der Waals surface area (Å²) in [6, 6.07) is 13.1. The van der Waals surface area contributed by atoms with E-state index in [-0.39, 0.29) is 17.3 Å². The average molecular weight is 422 g/mol. The molecule has 1 saturated carbocycles. The van der Waals surface area contributed by atoms with Gasteiger partial charge in [0.2, 0.25) is 5.75 Å². The number of fused-ring (bicyclic) bond motifs is 1. The standard InChI is InChI=1S/C24H26N2O5/c1-14(2)30-22-20(29-3)11-6-16-12-19(24(28)31-21(16)22)23(27)26-18-7-4-15(5-8-18)13-25-17-9-10-17/h4-8,11-12,14,17,25H,9-10,13H2,1-3H3,(H,26,27). The van der Waals surface area contributed by atoms with E-state index in [9.17, 15) is 9.59 Å². The van der Waals surface area contributed by atoms with Gasteiger partial charge in [0.25, 0.3) is 5.91 Å². The van der Waals surface area contributed by atoms with Crippen molar-refractivity contribution >= 4 is 22.6 Å². The maximum absolute atomic E-state index is 12.7. The number of hydrogen-bond acceptors (Lipinski definition) is 6. The van der Waals surface area contributed by atoms with E-state index in [1.165, 1.54) is 26.0 Å². The molecule has 0 spiro atoms. The van der Waals surface area contributed by atoms with E-state index in [1.807, 2.05) is 38.1 Å². The number of methoxy groups -OCH3 is 1. The van der Waals surface area contributed by atoms with Crippen molar-refractivity contribution in [3.05, 3.63) is 64.0 Å². The highest BCUT2D eigenvalue weighted by molar-refractivity contribution is 6.05. The maximum atomic E-state index is 12.7. The van der Waals surface area contributed by atoms with E-state index in [4.69, 9.17) is 13.9 Å². The smallest absolute Gasteiger partial charge is 0.349 e. The molecule has 2 aromatic carbocycles. The van der Waals surface area contributed by atoms with Crippen LogP contribution in [0.5, 0.6) is 11.5 Å². The number of nitrogens with one attached hydrogen (secondary N) is 2. The predicted octanol–water partition coefficient (Wildman–Crippen LogP) is 4.09. The van der Waals surface area contributed by atoms with Crippen LogP contribution in [-0.2, 0) is 6.54 Å². The summed E-state index contributed by atoms with van der Waals surface area (Å²) in [4.78, 5) is 25.3. The molecule has 1 amide bonds. The van der Waals surface area contributed by atoms with Gasteiger partial charge in [-0.05, 0) is 62.6 Å². The first-order chi connectivity index (χ1) is 14.9. The Kier molecular flexibility index (Phi) is 5.95. The zero-order valence-electron chi connectivity index (χ0n) is 17.9. The first-order valence-electron chi connectivity index (χ1n) is 10.4. The molecular formula is C24H26N2O5. The van der Waals surface area contributed by atoms with Crippen LogP contribution < -0.4 is 25.7 Å². The van der Waals surface area contributed by atoms with Gasteiger partial charge in [-0.15, -0.1) is 0 Å².